The molecule has 25 heavy (non-hydrogen) atoms. The monoisotopic (exact) mass is 343 g/mol. The second-order valence-electron chi connectivity index (χ2n) is 6.78. The molecule has 0 atom stereocenters. The van der Waals surface area contributed by atoms with E-state index in [4.69, 9.17) is 4.74 Å². The van der Waals surface area contributed by atoms with Crippen molar-refractivity contribution in [1.82, 2.24) is 14.9 Å². The lowest BCUT2D eigenvalue weighted by molar-refractivity contribution is 0.239. The lowest BCUT2D eigenvalue weighted by Gasteiger charge is -2.28. The highest BCUT2D eigenvalue weighted by molar-refractivity contribution is 5.51. The smallest absolute Gasteiger partial charge is 0.254 e. The average molecular weight is 343 g/mol. The third-order valence-corrected chi connectivity index (χ3v) is 4.88. The summed E-state index contributed by atoms with van der Waals surface area (Å²) < 4.78 is 5.09. The van der Waals surface area contributed by atoms with Crippen LogP contribution in [0.4, 0.5) is 0 Å². The molecule has 1 aromatic heterocycles. The zero-order chi connectivity index (χ0) is 17.6. The first-order valence-corrected chi connectivity index (χ1v) is 8.48. The predicted molar refractivity (Wildman–Crippen MR) is 91.0 cm³/mol. The van der Waals surface area contributed by atoms with Crippen LogP contribution < -0.4 is 10.3 Å². The van der Waals surface area contributed by atoms with Crippen LogP contribution in [0, 0.1) is 0 Å². The maximum atomic E-state index is 12.3. The van der Waals surface area contributed by atoms with E-state index < -0.39 is 0 Å². The molecule has 3 N–H and O–H groups in total. The van der Waals surface area contributed by atoms with Crippen molar-refractivity contribution in [2.24, 2.45) is 0 Å². The van der Waals surface area contributed by atoms with Crippen LogP contribution in [0.5, 0.6) is 17.2 Å². The van der Waals surface area contributed by atoms with Gasteiger partial charge in [0.25, 0.3) is 5.56 Å². The maximum absolute atomic E-state index is 12.3. The molecule has 7 nitrogen and oxygen atoms in total. The first-order valence-electron chi connectivity index (χ1n) is 8.48. The fourth-order valence-corrected chi connectivity index (χ4v) is 3.35. The SMILES string of the molecule is COc1cc(CN2CCc3c(nc(C4CC4)[nH]c3=O)C2)cc(O)c1O. The van der Waals surface area contributed by atoms with Gasteiger partial charge in [0.1, 0.15) is 5.82 Å². The Morgan fingerprint density at radius 1 is 1.36 bits per heavy atom. The average Bonchev–Trinajstić information content (AvgIpc) is 3.42. The summed E-state index contributed by atoms with van der Waals surface area (Å²) >= 11 is 0. The molecule has 1 saturated carbocycles. The number of fused-ring (bicyclic) bond motifs is 1. The van der Waals surface area contributed by atoms with Gasteiger partial charge in [-0.2, -0.15) is 0 Å². The van der Waals surface area contributed by atoms with E-state index in [9.17, 15) is 15.0 Å². The largest absolute Gasteiger partial charge is 0.504 e. The van der Waals surface area contributed by atoms with E-state index in [1.807, 2.05) is 0 Å². The molecule has 0 unspecified atom stereocenters. The first-order chi connectivity index (χ1) is 12.0. The minimum atomic E-state index is -0.252. The Morgan fingerprint density at radius 3 is 2.88 bits per heavy atom. The summed E-state index contributed by atoms with van der Waals surface area (Å²) in [4.78, 5) is 22.0. The van der Waals surface area contributed by atoms with Crippen LogP contribution in [0.1, 0.15) is 41.4 Å². The van der Waals surface area contributed by atoms with Crippen LogP contribution in [-0.2, 0) is 19.5 Å². The van der Waals surface area contributed by atoms with E-state index in [0.717, 1.165) is 42.0 Å². The zero-order valence-electron chi connectivity index (χ0n) is 14.1. The normalized spacial score (nSPS) is 17.3. The molecule has 1 aliphatic carbocycles. The summed E-state index contributed by atoms with van der Waals surface area (Å²) in [6, 6.07) is 3.25. The third kappa shape index (κ3) is 3.07. The fourth-order valence-electron chi connectivity index (χ4n) is 3.35. The summed E-state index contributed by atoms with van der Waals surface area (Å²) in [5.41, 5.74) is 2.47. The first kappa shape index (κ1) is 16.0. The van der Waals surface area contributed by atoms with Gasteiger partial charge in [-0.1, -0.05) is 0 Å². The van der Waals surface area contributed by atoms with E-state index in [1.54, 1.807) is 6.07 Å². The number of rotatable bonds is 4. The number of hydrogen-bond acceptors (Lipinski definition) is 6. The number of aromatic amines is 1. The van der Waals surface area contributed by atoms with E-state index in [2.05, 4.69) is 14.9 Å². The van der Waals surface area contributed by atoms with Gasteiger partial charge in [-0.15, -0.1) is 0 Å². The Hall–Kier alpha value is -2.54. The number of phenols is 2. The molecule has 2 aromatic rings. The van der Waals surface area contributed by atoms with Crippen molar-refractivity contribution in [2.45, 2.75) is 38.3 Å². The van der Waals surface area contributed by atoms with Crippen LogP contribution >= 0.6 is 0 Å². The summed E-state index contributed by atoms with van der Waals surface area (Å²) in [7, 11) is 1.45. The lowest BCUT2D eigenvalue weighted by Crippen LogP contribution is -2.35. The van der Waals surface area contributed by atoms with Crippen molar-refractivity contribution >= 4 is 0 Å². The van der Waals surface area contributed by atoms with Gasteiger partial charge in [0, 0.05) is 31.1 Å². The number of ether oxygens (including phenoxy) is 1. The molecule has 7 heteroatoms. The van der Waals surface area contributed by atoms with Crippen LogP contribution in [-0.4, -0.2) is 38.7 Å². The Kier molecular flexibility index (Phi) is 3.88. The minimum absolute atomic E-state index is 0.00417. The summed E-state index contributed by atoms with van der Waals surface area (Å²) in [5, 5.41) is 19.6. The number of H-pyrrole nitrogens is 1. The highest BCUT2D eigenvalue weighted by Crippen LogP contribution is 2.38. The Labute approximate surface area is 144 Å². The highest BCUT2D eigenvalue weighted by atomic mass is 16.5. The van der Waals surface area contributed by atoms with Crippen molar-refractivity contribution in [3.8, 4) is 17.2 Å². The summed E-state index contributed by atoms with van der Waals surface area (Å²) in [6.07, 6.45) is 2.85. The number of aromatic hydroxyl groups is 2. The van der Waals surface area contributed by atoms with E-state index in [0.29, 0.717) is 25.4 Å². The number of aromatic nitrogens is 2. The highest BCUT2D eigenvalue weighted by Gasteiger charge is 2.29. The molecular formula is C18H21N3O4. The molecule has 1 aromatic carbocycles. The van der Waals surface area contributed by atoms with Gasteiger partial charge in [-0.05, 0) is 37.0 Å². The number of nitrogens with one attached hydrogen (secondary N) is 1. The molecule has 2 heterocycles. The van der Waals surface area contributed by atoms with Crippen LogP contribution in [0.15, 0.2) is 16.9 Å². The van der Waals surface area contributed by atoms with Gasteiger partial charge in [-0.3, -0.25) is 9.69 Å². The second kappa shape index (κ2) is 6.07. The third-order valence-electron chi connectivity index (χ3n) is 4.88. The van der Waals surface area contributed by atoms with E-state index >= 15 is 0 Å². The molecule has 1 aliphatic heterocycles. The number of phenolic OH excluding ortho intramolecular Hbond substituents is 2. The van der Waals surface area contributed by atoms with Gasteiger partial charge in [0.05, 0.1) is 12.8 Å². The van der Waals surface area contributed by atoms with Crippen molar-refractivity contribution in [3.63, 3.8) is 0 Å². The lowest BCUT2D eigenvalue weighted by atomic mass is 10.0. The number of nitrogens with zero attached hydrogens (tertiary/aromatic N) is 2. The molecule has 0 radical (unpaired) electrons. The maximum Gasteiger partial charge on any atom is 0.254 e. The summed E-state index contributed by atoms with van der Waals surface area (Å²) in [5.74, 6) is 1.02. The van der Waals surface area contributed by atoms with E-state index in [-0.39, 0.29) is 22.8 Å². The van der Waals surface area contributed by atoms with Gasteiger partial charge >= 0.3 is 0 Å². The molecule has 132 valence electrons. The summed E-state index contributed by atoms with van der Waals surface area (Å²) in [6.45, 7) is 1.92. The number of methoxy groups -OCH3 is 1. The minimum Gasteiger partial charge on any atom is -0.504 e. The molecule has 2 aliphatic rings. The number of benzene rings is 1. The topological polar surface area (TPSA) is 98.7 Å². The Morgan fingerprint density at radius 2 is 2.16 bits per heavy atom. The number of hydrogen-bond donors (Lipinski definition) is 3. The Bertz CT molecular complexity index is 873. The molecule has 0 bridgehead atoms. The fraction of sp³-hybridized carbons (Fsp3) is 0.444. The predicted octanol–water partition coefficient (Wildman–Crippen LogP) is 1.63. The molecule has 0 amide bonds. The zero-order valence-corrected chi connectivity index (χ0v) is 14.1. The second-order valence-corrected chi connectivity index (χ2v) is 6.78. The standard InChI is InChI=1S/C18H21N3O4/c1-25-15-7-10(6-14(22)16(15)23)8-21-5-4-12-13(9-21)19-17(11-2-3-11)20-18(12)24/h6-7,11,22-23H,2-5,8-9H2,1H3,(H,19,20,24). The molecule has 4 rings (SSSR count). The van der Waals surface area contributed by atoms with Crippen LogP contribution in [0.3, 0.4) is 0 Å². The van der Waals surface area contributed by atoms with Crippen molar-refractivity contribution in [1.29, 1.82) is 0 Å². The van der Waals surface area contributed by atoms with Crippen molar-refractivity contribution in [3.05, 3.63) is 45.1 Å². The molecular weight excluding hydrogens is 322 g/mol. The van der Waals surface area contributed by atoms with E-state index in [1.165, 1.54) is 13.2 Å². The van der Waals surface area contributed by atoms with Gasteiger partial charge in [0.15, 0.2) is 11.5 Å². The van der Waals surface area contributed by atoms with Crippen molar-refractivity contribution in [2.75, 3.05) is 13.7 Å². The van der Waals surface area contributed by atoms with Gasteiger partial charge in [0.2, 0.25) is 5.75 Å². The van der Waals surface area contributed by atoms with Crippen LogP contribution in [0.2, 0.25) is 0 Å². The molecule has 1 fully saturated rings. The molecule has 0 spiro atoms. The van der Waals surface area contributed by atoms with Crippen LogP contribution in [0.25, 0.3) is 0 Å². The van der Waals surface area contributed by atoms with Gasteiger partial charge in [-0.25, -0.2) is 4.98 Å². The van der Waals surface area contributed by atoms with Gasteiger partial charge < -0.3 is 19.9 Å². The Balaban J connectivity index is 1.56. The van der Waals surface area contributed by atoms with Crippen molar-refractivity contribution < 1.29 is 14.9 Å². The quantitative estimate of drug-likeness (QED) is 0.730. The molecule has 0 saturated heterocycles.